The molecule has 0 aromatic carbocycles. The van der Waals surface area contributed by atoms with Crippen molar-refractivity contribution in [2.75, 3.05) is 26.2 Å². The lowest BCUT2D eigenvalue weighted by Crippen LogP contribution is -2.52. The van der Waals surface area contributed by atoms with Gasteiger partial charge in [-0.05, 0) is 44.6 Å². The van der Waals surface area contributed by atoms with E-state index in [1.165, 1.54) is 38.6 Å². The number of hydrogen-bond acceptors (Lipinski definition) is 3. The Labute approximate surface area is 122 Å². The van der Waals surface area contributed by atoms with E-state index in [9.17, 15) is 4.79 Å². The molecule has 1 aliphatic carbocycles. The fourth-order valence-corrected chi connectivity index (χ4v) is 4.30. The van der Waals surface area contributed by atoms with Crippen molar-refractivity contribution in [3.05, 3.63) is 0 Å². The molecule has 0 aromatic rings. The average Bonchev–Trinajstić information content (AvgIpc) is 2.92. The lowest BCUT2D eigenvalue weighted by molar-refractivity contribution is -0.134. The largest absolute Gasteiger partial charge is 0.340 e. The van der Waals surface area contributed by atoms with Gasteiger partial charge in [-0.2, -0.15) is 0 Å². The van der Waals surface area contributed by atoms with E-state index in [4.69, 9.17) is 5.73 Å². The van der Waals surface area contributed by atoms with Gasteiger partial charge in [-0.3, -0.25) is 9.69 Å². The van der Waals surface area contributed by atoms with E-state index in [1.807, 2.05) is 0 Å². The zero-order chi connectivity index (χ0) is 13.9. The number of hydrogen-bond donors (Lipinski definition) is 1. The Bertz CT molecular complexity index is 347. The van der Waals surface area contributed by atoms with Crippen LogP contribution in [0.4, 0.5) is 0 Å². The summed E-state index contributed by atoms with van der Waals surface area (Å²) in [7, 11) is 0. The first-order chi connectivity index (χ1) is 9.72. The standard InChI is InChI=1S/C16H29N3O/c17-14-4-1-3-13(11-14)6-7-16(20)19-10-9-18-8-2-5-15(18)12-19/h13-15H,1-12,17H2. The zero-order valence-corrected chi connectivity index (χ0v) is 12.6. The van der Waals surface area contributed by atoms with Crippen LogP contribution in [0.15, 0.2) is 0 Å². The molecule has 3 atom stereocenters. The fourth-order valence-electron chi connectivity index (χ4n) is 4.30. The molecule has 1 saturated carbocycles. The topological polar surface area (TPSA) is 49.6 Å². The molecule has 2 saturated heterocycles. The molecule has 0 bridgehead atoms. The third-order valence-electron chi connectivity index (χ3n) is 5.53. The number of carbonyl (C=O) groups excluding carboxylic acids is 1. The second-order valence-electron chi connectivity index (χ2n) is 7.00. The molecule has 1 amide bonds. The third kappa shape index (κ3) is 3.34. The number of nitrogens with two attached hydrogens (primary N) is 1. The summed E-state index contributed by atoms with van der Waals surface area (Å²) in [6.45, 7) is 4.25. The zero-order valence-electron chi connectivity index (χ0n) is 12.6. The van der Waals surface area contributed by atoms with Crippen molar-refractivity contribution in [2.24, 2.45) is 11.7 Å². The first-order valence-electron chi connectivity index (χ1n) is 8.50. The van der Waals surface area contributed by atoms with Crippen LogP contribution < -0.4 is 5.73 Å². The maximum absolute atomic E-state index is 12.4. The lowest BCUT2D eigenvalue weighted by atomic mass is 9.83. The number of nitrogens with zero attached hydrogens (tertiary/aromatic N) is 2. The molecule has 3 unspecified atom stereocenters. The summed E-state index contributed by atoms with van der Waals surface area (Å²) < 4.78 is 0. The molecule has 3 rings (SSSR count). The normalized spacial score (nSPS) is 35.0. The molecule has 3 aliphatic rings. The molecule has 4 nitrogen and oxygen atoms in total. The highest BCUT2D eigenvalue weighted by Gasteiger charge is 2.32. The van der Waals surface area contributed by atoms with E-state index in [0.29, 0.717) is 23.9 Å². The maximum Gasteiger partial charge on any atom is 0.222 e. The predicted octanol–water partition coefficient (Wildman–Crippen LogP) is 1.59. The number of piperazine rings is 1. The minimum absolute atomic E-state index is 0.380. The van der Waals surface area contributed by atoms with Crippen LogP contribution in [0.25, 0.3) is 0 Å². The van der Waals surface area contributed by atoms with E-state index >= 15 is 0 Å². The van der Waals surface area contributed by atoms with Crippen LogP contribution in [0, 0.1) is 5.92 Å². The van der Waals surface area contributed by atoms with Gasteiger partial charge in [0.25, 0.3) is 0 Å². The molecule has 0 aromatic heterocycles. The van der Waals surface area contributed by atoms with Gasteiger partial charge in [0.2, 0.25) is 5.91 Å². The van der Waals surface area contributed by atoms with Gasteiger partial charge >= 0.3 is 0 Å². The van der Waals surface area contributed by atoms with E-state index in [-0.39, 0.29) is 0 Å². The van der Waals surface area contributed by atoms with Gasteiger partial charge < -0.3 is 10.6 Å². The van der Waals surface area contributed by atoms with Crippen LogP contribution in [0.3, 0.4) is 0 Å². The first-order valence-corrected chi connectivity index (χ1v) is 8.50. The van der Waals surface area contributed by atoms with Crippen molar-refractivity contribution < 1.29 is 4.79 Å². The Morgan fingerprint density at radius 2 is 2.00 bits per heavy atom. The number of fused-ring (bicyclic) bond motifs is 1. The van der Waals surface area contributed by atoms with Crippen molar-refractivity contribution in [3.8, 4) is 0 Å². The smallest absolute Gasteiger partial charge is 0.222 e. The van der Waals surface area contributed by atoms with Crippen molar-refractivity contribution in [1.29, 1.82) is 0 Å². The molecule has 0 radical (unpaired) electrons. The van der Waals surface area contributed by atoms with Gasteiger partial charge in [-0.15, -0.1) is 0 Å². The lowest BCUT2D eigenvalue weighted by Gasteiger charge is -2.37. The van der Waals surface area contributed by atoms with Crippen LogP contribution >= 0.6 is 0 Å². The monoisotopic (exact) mass is 279 g/mol. The summed E-state index contributed by atoms with van der Waals surface area (Å²) in [5.74, 6) is 1.08. The van der Waals surface area contributed by atoms with Crippen molar-refractivity contribution in [1.82, 2.24) is 9.80 Å². The van der Waals surface area contributed by atoms with Crippen LogP contribution in [0.5, 0.6) is 0 Å². The van der Waals surface area contributed by atoms with E-state index < -0.39 is 0 Å². The van der Waals surface area contributed by atoms with Crippen molar-refractivity contribution >= 4 is 5.91 Å². The first kappa shape index (κ1) is 14.3. The highest BCUT2D eigenvalue weighted by atomic mass is 16.2. The Hall–Kier alpha value is -0.610. The molecular formula is C16H29N3O. The second kappa shape index (κ2) is 6.44. The minimum atomic E-state index is 0.380. The SMILES string of the molecule is NC1CCCC(CCC(=O)N2CCN3CCCC3C2)C1. The van der Waals surface area contributed by atoms with E-state index in [2.05, 4.69) is 9.80 Å². The van der Waals surface area contributed by atoms with Gasteiger partial charge in [-0.25, -0.2) is 0 Å². The summed E-state index contributed by atoms with van der Waals surface area (Å²) in [6.07, 6.45) is 9.21. The number of amides is 1. The highest BCUT2D eigenvalue weighted by Crippen LogP contribution is 2.28. The quantitative estimate of drug-likeness (QED) is 0.853. The summed E-state index contributed by atoms with van der Waals surface area (Å²) in [6, 6.07) is 1.03. The number of carbonyl (C=O) groups is 1. The summed E-state index contributed by atoms with van der Waals surface area (Å²) in [5, 5.41) is 0. The molecule has 4 heteroatoms. The molecular weight excluding hydrogens is 250 g/mol. The molecule has 0 spiro atoms. The number of rotatable bonds is 3. The molecule has 2 N–H and O–H groups in total. The Balaban J connectivity index is 1.42. The highest BCUT2D eigenvalue weighted by molar-refractivity contribution is 5.76. The molecule has 114 valence electrons. The van der Waals surface area contributed by atoms with Gasteiger partial charge in [0.15, 0.2) is 0 Å². The summed E-state index contributed by atoms with van der Waals surface area (Å²) >= 11 is 0. The Kier molecular flexibility index (Phi) is 4.61. The summed E-state index contributed by atoms with van der Waals surface area (Å²) in [4.78, 5) is 17.1. The Morgan fingerprint density at radius 1 is 1.10 bits per heavy atom. The van der Waals surface area contributed by atoms with Crippen LogP contribution in [0.1, 0.15) is 51.4 Å². The van der Waals surface area contributed by atoms with E-state index in [1.54, 1.807) is 0 Å². The van der Waals surface area contributed by atoms with Crippen LogP contribution in [-0.2, 0) is 4.79 Å². The fraction of sp³-hybridized carbons (Fsp3) is 0.938. The van der Waals surface area contributed by atoms with E-state index in [0.717, 1.165) is 38.9 Å². The van der Waals surface area contributed by atoms with Gasteiger partial charge in [-0.1, -0.05) is 12.8 Å². The van der Waals surface area contributed by atoms with Crippen LogP contribution in [0.2, 0.25) is 0 Å². The summed E-state index contributed by atoms with van der Waals surface area (Å²) in [5.41, 5.74) is 6.03. The van der Waals surface area contributed by atoms with Crippen molar-refractivity contribution in [2.45, 2.75) is 63.5 Å². The second-order valence-corrected chi connectivity index (χ2v) is 7.00. The minimum Gasteiger partial charge on any atom is -0.340 e. The molecule has 2 aliphatic heterocycles. The third-order valence-corrected chi connectivity index (χ3v) is 5.53. The predicted molar refractivity (Wildman–Crippen MR) is 80.3 cm³/mol. The maximum atomic E-state index is 12.4. The molecule has 2 heterocycles. The van der Waals surface area contributed by atoms with Gasteiger partial charge in [0.05, 0.1) is 0 Å². The average molecular weight is 279 g/mol. The Morgan fingerprint density at radius 3 is 2.85 bits per heavy atom. The van der Waals surface area contributed by atoms with Gasteiger partial charge in [0.1, 0.15) is 0 Å². The van der Waals surface area contributed by atoms with Crippen molar-refractivity contribution in [3.63, 3.8) is 0 Å². The molecule has 20 heavy (non-hydrogen) atoms. The molecule has 3 fully saturated rings. The van der Waals surface area contributed by atoms with Gasteiger partial charge in [0, 0.05) is 38.1 Å². The van der Waals surface area contributed by atoms with Crippen LogP contribution in [-0.4, -0.2) is 54.0 Å².